The number of nitrogens with zero attached hydrogens (tertiary/aromatic N) is 4. The number of methoxy groups -OCH3 is 1. The van der Waals surface area contributed by atoms with E-state index in [1.165, 1.54) is 11.8 Å². The quantitative estimate of drug-likeness (QED) is 0.121. The fraction of sp³-hybridized carbons (Fsp3) is 0.0488. The van der Waals surface area contributed by atoms with Gasteiger partial charge in [-0.25, -0.2) is 4.98 Å². The van der Waals surface area contributed by atoms with Crippen LogP contribution in [0.25, 0.3) is 53.4 Å². The van der Waals surface area contributed by atoms with Crippen LogP contribution in [0.5, 0.6) is 17.2 Å². The number of ether oxygens (including phenoxy) is 3. The van der Waals surface area contributed by atoms with Crippen LogP contribution < -0.4 is 19.1 Å². The van der Waals surface area contributed by atoms with Gasteiger partial charge in [-0.2, -0.15) is 0 Å². The van der Waals surface area contributed by atoms with Crippen molar-refractivity contribution in [2.24, 2.45) is 0 Å². The van der Waals surface area contributed by atoms with Crippen LogP contribution in [-0.4, -0.2) is 35.0 Å². The molecule has 0 amide bonds. The molecule has 3 aromatic carbocycles. The van der Waals surface area contributed by atoms with Gasteiger partial charge in [0.25, 0.3) is 12.9 Å². The zero-order chi connectivity index (χ0) is 35.6. The monoisotopic (exact) mass is 720 g/mol. The molecule has 0 N–H and O–H groups in total. The zero-order valence-electron chi connectivity index (χ0n) is 27.8. The fourth-order valence-electron chi connectivity index (χ4n) is 6.22. The largest absolute Gasteiger partial charge is 0.495 e. The molecule has 0 bridgehead atoms. The standard InChI is InChI=1S/C41H28N4O5S2/c1-25-31-21-37(26-13-15-42-33(17-26)35-19-30(50-24-47)20-36(44-35)34-18-29(49-23-46)14-16-43-34)51-41(31)39(48-2)32-22-38(52-40(25)32)45(27-9-5-3-6-10-27)28-11-7-4-8-12-28/h3-24H,1-2H3. The van der Waals surface area contributed by atoms with E-state index >= 15 is 0 Å². The molecule has 5 aromatic heterocycles. The van der Waals surface area contributed by atoms with Gasteiger partial charge < -0.3 is 19.1 Å². The number of pyridine rings is 3. The molecule has 8 rings (SSSR count). The molecule has 5 heterocycles. The Morgan fingerprint density at radius 2 is 1.25 bits per heavy atom. The third-order valence-corrected chi connectivity index (χ3v) is 11.0. The minimum Gasteiger partial charge on any atom is -0.495 e. The number of carbonyl (C=O) groups is 2. The molecule has 0 fully saturated rings. The third-order valence-electron chi connectivity index (χ3n) is 8.57. The van der Waals surface area contributed by atoms with Crippen LogP contribution in [0.3, 0.4) is 0 Å². The highest BCUT2D eigenvalue weighted by Crippen LogP contribution is 2.51. The molecular weight excluding hydrogens is 693 g/mol. The lowest BCUT2D eigenvalue weighted by Gasteiger charge is -2.23. The number of fused-ring (bicyclic) bond motifs is 2. The smallest absolute Gasteiger partial charge is 0.298 e. The maximum atomic E-state index is 11.3. The topological polar surface area (TPSA) is 104 Å². The van der Waals surface area contributed by atoms with Crippen LogP contribution in [-0.2, 0) is 9.59 Å². The number of para-hydroxylation sites is 2. The summed E-state index contributed by atoms with van der Waals surface area (Å²) in [6, 6.07) is 35.5. The molecule has 9 nitrogen and oxygen atoms in total. The van der Waals surface area contributed by atoms with Crippen molar-refractivity contribution in [2.75, 3.05) is 12.0 Å². The van der Waals surface area contributed by atoms with Crippen LogP contribution in [0.4, 0.5) is 16.4 Å². The molecule has 0 unspecified atom stereocenters. The van der Waals surface area contributed by atoms with E-state index < -0.39 is 0 Å². The first-order valence-corrected chi connectivity index (χ1v) is 17.8. The predicted octanol–water partition coefficient (Wildman–Crippen LogP) is 10.2. The van der Waals surface area contributed by atoms with Crippen molar-refractivity contribution in [3.8, 4) is 50.5 Å². The molecule has 11 heteroatoms. The van der Waals surface area contributed by atoms with E-state index in [1.54, 1.807) is 60.2 Å². The number of hydrogen-bond donors (Lipinski definition) is 0. The Labute approximate surface area is 306 Å². The van der Waals surface area contributed by atoms with Crippen molar-refractivity contribution < 1.29 is 23.8 Å². The van der Waals surface area contributed by atoms with E-state index in [0.717, 1.165) is 52.7 Å². The summed E-state index contributed by atoms with van der Waals surface area (Å²) in [5.74, 6) is 1.41. The summed E-state index contributed by atoms with van der Waals surface area (Å²) < 4.78 is 18.6. The minimum absolute atomic E-state index is 0.269. The van der Waals surface area contributed by atoms with Gasteiger partial charge in [0.2, 0.25) is 0 Å². The highest BCUT2D eigenvalue weighted by molar-refractivity contribution is 7.24. The van der Waals surface area contributed by atoms with Gasteiger partial charge in [0, 0.05) is 62.3 Å². The maximum absolute atomic E-state index is 11.3. The molecule has 52 heavy (non-hydrogen) atoms. The molecule has 0 aliphatic carbocycles. The number of rotatable bonds is 11. The Balaban J connectivity index is 1.21. The Morgan fingerprint density at radius 3 is 1.90 bits per heavy atom. The van der Waals surface area contributed by atoms with Crippen LogP contribution in [0.15, 0.2) is 122 Å². The van der Waals surface area contributed by atoms with E-state index in [-0.39, 0.29) is 5.75 Å². The van der Waals surface area contributed by atoms with E-state index in [2.05, 4.69) is 82.5 Å². The van der Waals surface area contributed by atoms with Crippen molar-refractivity contribution in [1.82, 2.24) is 15.0 Å². The molecule has 8 aromatic rings. The Hall–Kier alpha value is -6.43. The summed E-state index contributed by atoms with van der Waals surface area (Å²) >= 11 is 3.40. The molecule has 0 aliphatic heterocycles. The fourth-order valence-corrected chi connectivity index (χ4v) is 8.68. The average molecular weight is 721 g/mol. The van der Waals surface area contributed by atoms with E-state index in [1.807, 2.05) is 24.3 Å². The number of benzene rings is 3. The van der Waals surface area contributed by atoms with Crippen molar-refractivity contribution in [2.45, 2.75) is 6.92 Å². The van der Waals surface area contributed by atoms with Crippen molar-refractivity contribution in [1.29, 1.82) is 0 Å². The van der Waals surface area contributed by atoms with Crippen molar-refractivity contribution >= 4 is 72.2 Å². The SMILES string of the molecule is COc1c2cc(N(c3ccccc3)c3ccccc3)sc2c(C)c2cc(-c3ccnc(-c4cc(OC=O)cc(-c5cc(OC=O)ccn5)n4)c3)sc12. The first kappa shape index (κ1) is 32.8. The first-order chi connectivity index (χ1) is 25.5. The Kier molecular flexibility index (Phi) is 8.86. The molecule has 0 atom stereocenters. The van der Waals surface area contributed by atoms with Gasteiger partial charge in [0.15, 0.2) is 0 Å². The van der Waals surface area contributed by atoms with Crippen LogP contribution >= 0.6 is 22.7 Å². The van der Waals surface area contributed by atoms with E-state index in [9.17, 15) is 9.59 Å². The van der Waals surface area contributed by atoms with Crippen LogP contribution in [0.2, 0.25) is 0 Å². The van der Waals surface area contributed by atoms with Crippen molar-refractivity contribution in [3.05, 3.63) is 127 Å². The lowest BCUT2D eigenvalue weighted by atomic mass is 10.1. The maximum Gasteiger partial charge on any atom is 0.298 e. The van der Waals surface area contributed by atoms with Gasteiger partial charge >= 0.3 is 0 Å². The Morgan fingerprint density at radius 1 is 0.635 bits per heavy atom. The molecule has 0 aliphatic rings. The second kappa shape index (κ2) is 14.1. The van der Waals surface area contributed by atoms with E-state index in [4.69, 9.17) is 19.2 Å². The summed E-state index contributed by atoms with van der Waals surface area (Å²) in [5.41, 5.74) is 6.18. The van der Waals surface area contributed by atoms with Gasteiger partial charge in [-0.3, -0.25) is 19.6 Å². The number of aryl methyl sites for hydroxylation is 1. The second-order valence-electron chi connectivity index (χ2n) is 11.7. The highest BCUT2D eigenvalue weighted by atomic mass is 32.1. The zero-order valence-corrected chi connectivity index (χ0v) is 29.5. The molecule has 0 saturated carbocycles. The molecule has 254 valence electrons. The predicted molar refractivity (Wildman–Crippen MR) is 206 cm³/mol. The molecule has 0 radical (unpaired) electrons. The number of carbonyl (C=O) groups excluding carboxylic acids is 2. The summed E-state index contributed by atoms with van der Waals surface area (Å²) in [4.78, 5) is 39.3. The number of anilines is 3. The van der Waals surface area contributed by atoms with Gasteiger partial charge in [0.05, 0.1) is 34.6 Å². The first-order valence-electron chi connectivity index (χ1n) is 16.1. The lowest BCUT2D eigenvalue weighted by Crippen LogP contribution is -2.07. The average Bonchev–Trinajstić information content (AvgIpc) is 3.83. The summed E-state index contributed by atoms with van der Waals surface area (Å²) in [6.45, 7) is 2.87. The van der Waals surface area contributed by atoms with Gasteiger partial charge in [-0.05, 0) is 72.6 Å². The molecular formula is C41H28N4O5S2. The van der Waals surface area contributed by atoms with Gasteiger partial charge in [-0.1, -0.05) is 36.4 Å². The van der Waals surface area contributed by atoms with E-state index in [0.29, 0.717) is 41.5 Å². The summed E-state index contributed by atoms with van der Waals surface area (Å²) in [7, 11) is 1.73. The Bertz CT molecular complexity index is 2550. The summed E-state index contributed by atoms with van der Waals surface area (Å²) in [5, 5.41) is 3.27. The van der Waals surface area contributed by atoms with Crippen molar-refractivity contribution in [3.63, 3.8) is 0 Å². The minimum atomic E-state index is 0.269. The highest BCUT2D eigenvalue weighted by Gasteiger charge is 2.22. The molecule has 0 spiro atoms. The van der Waals surface area contributed by atoms with Gasteiger partial charge in [-0.15, -0.1) is 22.7 Å². The van der Waals surface area contributed by atoms with Gasteiger partial charge in [0.1, 0.15) is 22.2 Å². The molecule has 0 saturated heterocycles. The van der Waals surface area contributed by atoms with Crippen LogP contribution in [0.1, 0.15) is 5.56 Å². The summed E-state index contributed by atoms with van der Waals surface area (Å²) in [6.07, 6.45) is 3.24. The normalized spacial score (nSPS) is 11.0. The van der Waals surface area contributed by atoms with Crippen LogP contribution in [0, 0.1) is 6.92 Å². The lowest BCUT2D eigenvalue weighted by molar-refractivity contribution is -0.121. The number of thiophene rings is 2. The number of hydrogen-bond acceptors (Lipinski definition) is 11. The second-order valence-corrected chi connectivity index (χ2v) is 13.7. The number of aromatic nitrogens is 3. The third kappa shape index (κ3) is 6.12.